The molecule has 1 unspecified atom stereocenters. The lowest BCUT2D eigenvalue weighted by Crippen LogP contribution is -2.39. The van der Waals surface area contributed by atoms with Gasteiger partial charge in [-0.25, -0.2) is 0 Å². The molecule has 0 spiro atoms. The van der Waals surface area contributed by atoms with E-state index < -0.39 is 0 Å². The molecule has 128 valence electrons. The lowest BCUT2D eigenvalue weighted by atomic mass is 10.2. The molecule has 0 aromatic heterocycles. The molecule has 8 heteroatoms. The van der Waals surface area contributed by atoms with Gasteiger partial charge in [-0.3, -0.25) is 9.59 Å². The van der Waals surface area contributed by atoms with Crippen molar-refractivity contribution in [1.29, 1.82) is 0 Å². The molecule has 1 saturated heterocycles. The van der Waals surface area contributed by atoms with Crippen molar-refractivity contribution in [3.8, 4) is 5.75 Å². The molecule has 1 aromatic rings. The van der Waals surface area contributed by atoms with Crippen molar-refractivity contribution in [3.63, 3.8) is 0 Å². The number of ether oxygens (including phenoxy) is 1. The summed E-state index contributed by atoms with van der Waals surface area (Å²) in [6.07, 6.45) is 0.474. The Bertz CT molecular complexity index is 507. The first kappa shape index (κ1) is 19.6. The number of nitrogens with one attached hydrogen (secondary N) is 3. The number of thioether (sulfide) groups is 1. The molecule has 1 aliphatic rings. The van der Waals surface area contributed by atoms with Gasteiger partial charge in [0.25, 0.3) is 5.91 Å². The van der Waals surface area contributed by atoms with Crippen LogP contribution < -0.4 is 20.7 Å². The Morgan fingerprint density at radius 1 is 1.30 bits per heavy atom. The van der Waals surface area contributed by atoms with Crippen molar-refractivity contribution in [1.82, 2.24) is 10.6 Å². The van der Waals surface area contributed by atoms with Gasteiger partial charge in [-0.2, -0.15) is 11.8 Å². The van der Waals surface area contributed by atoms with E-state index in [4.69, 9.17) is 4.74 Å². The zero-order valence-electron chi connectivity index (χ0n) is 13.0. The third kappa shape index (κ3) is 7.11. The summed E-state index contributed by atoms with van der Waals surface area (Å²) in [4.78, 5) is 23.1. The Hall–Kier alpha value is -1.44. The van der Waals surface area contributed by atoms with Crippen LogP contribution in [0.1, 0.15) is 6.42 Å². The third-order valence-electron chi connectivity index (χ3n) is 3.22. The summed E-state index contributed by atoms with van der Waals surface area (Å²) in [6, 6.07) is 7.23. The van der Waals surface area contributed by atoms with Gasteiger partial charge in [0.1, 0.15) is 5.75 Å². The fourth-order valence-electron chi connectivity index (χ4n) is 2.04. The monoisotopic (exact) mass is 359 g/mol. The predicted octanol–water partition coefficient (Wildman–Crippen LogP) is 1.27. The van der Waals surface area contributed by atoms with Gasteiger partial charge in [0.05, 0.1) is 0 Å². The highest BCUT2D eigenvalue weighted by molar-refractivity contribution is 7.99. The van der Waals surface area contributed by atoms with Crippen molar-refractivity contribution in [2.75, 3.05) is 37.0 Å². The van der Waals surface area contributed by atoms with Gasteiger partial charge >= 0.3 is 0 Å². The average Bonchev–Trinajstić information content (AvgIpc) is 2.54. The highest BCUT2D eigenvalue weighted by Gasteiger charge is 2.16. The molecule has 1 aliphatic heterocycles. The Morgan fingerprint density at radius 2 is 2.04 bits per heavy atom. The minimum atomic E-state index is -0.185. The van der Waals surface area contributed by atoms with Crippen molar-refractivity contribution in [3.05, 3.63) is 24.3 Å². The molecule has 0 saturated carbocycles. The van der Waals surface area contributed by atoms with Crippen LogP contribution in [-0.2, 0) is 9.59 Å². The molecular formula is C15H22ClN3O3S. The lowest BCUT2D eigenvalue weighted by Gasteiger charge is -2.22. The zero-order valence-corrected chi connectivity index (χ0v) is 14.6. The van der Waals surface area contributed by atoms with Crippen LogP contribution in [-0.4, -0.2) is 49.6 Å². The van der Waals surface area contributed by atoms with Crippen LogP contribution in [0.2, 0.25) is 0 Å². The standard InChI is InChI=1S/C15H21N3O3S.ClH/c1-16-15(20)9-21-13-4-2-11(3-5-13)18-14(19)8-12-10-22-7-6-17-12;/h2-5,12,17H,6-10H2,1H3,(H,16,20)(H,18,19);1H. The first-order valence-electron chi connectivity index (χ1n) is 7.22. The summed E-state index contributed by atoms with van der Waals surface area (Å²) in [5, 5.41) is 8.69. The van der Waals surface area contributed by atoms with Crippen molar-refractivity contribution in [2.24, 2.45) is 0 Å². The number of carbonyl (C=O) groups is 2. The van der Waals surface area contributed by atoms with E-state index in [-0.39, 0.29) is 36.9 Å². The van der Waals surface area contributed by atoms with Gasteiger partial charge < -0.3 is 20.7 Å². The first-order chi connectivity index (χ1) is 10.7. The van der Waals surface area contributed by atoms with Crippen LogP contribution in [0, 0.1) is 0 Å². The molecule has 0 aliphatic carbocycles. The Morgan fingerprint density at radius 3 is 2.65 bits per heavy atom. The topological polar surface area (TPSA) is 79.5 Å². The zero-order chi connectivity index (χ0) is 15.8. The summed E-state index contributed by atoms with van der Waals surface area (Å²) in [5.74, 6) is 2.48. The molecule has 1 fully saturated rings. The largest absolute Gasteiger partial charge is 0.484 e. The second-order valence-corrected chi connectivity index (χ2v) is 6.11. The molecule has 1 aromatic carbocycles. The van der Waals surface area contributed by atoms with Crippen LogP contribution in [0.25, 0.3) is 0 Å². The van der Waals surface area contributed by atoms with Crippen molar-refractivity contribution in [2.45, 2.75) is 12.5 Å². The number of likely N-dealkylation sites (N-methyl/N-ethyl adjacent to an activating group) is 1. The smallest absolute Gasteiger partial charge is 0.257 e. The van der Waals surface area contributed by atoms with E-state index in [2.05, 4.69) is 16.0 Å². The number of anilines is 1. The fraction of sp³-hybridized carbons (Fsp3) is 0.467. The number of halogens is 1. The molecule has 3 N–H and O–H groups in total. The normalized spacial score (nSPS) is 16.8. The Kier molecular flexibility index (Phi) is 8.83. The quantitative estimate of drug-likeness (QED) is 0.712. The van der Waals surface area contributed by atoms with Crippen LogP contribution in [0.5, 0.6) is 5.75 Å². The molecule has 0 radical (unpaired) electrons. The van der Waals surface area contributed by atoms with Gasteiger partial charge in [0.2, 0.25) is 5.91 Å². The molecule has 1 heterocycles. The van der Waals surface area contributed by atoms with Crippen molar-refractivity contribution >= 4 is 41.7 Å². The van der Waals surface area contributed by atoms with Gasteiger partial charge in [-0.15, -0.1) is 12.4 Å². The van der Waals surface area contributed by atoms with Crippen LogP contribution in [0.4, 0.5) is 5.69 Å². The van der Waals surface area contributed by atoms with Crippen LogP contribution in [0.15, 0.2) is 24.3 Å². The minimum absolute atomic E-state index is 0. The number of benzene rings is 1. The second kappa shape index (κ2) is 10.4. The molecular weight excluding hydrogens is 338 g/mol. The summed E-state index contributed by atoms with van der Waals surface area (Å²) in [7, 11) is 1.56. The highest BCUT2D eigenvalue weighted by Crippen LogP contribution is 2.16. The lowest BCUT2D eigenvalue weighted by molar-refractivity contribution is -0.122. The van der Waals surface area contributed by atoms with E-state index >= 15 is 0 Å². The molecule has 6 nitrogen and oxygen atoms in total. The van der Waals surface area contributed by atoms with Gasteiger partial charge in [-0.1, -0.05) is 0 Å². The van der Waals surface area contributed by atoms with E-state index in [1.165, 1.54) is 0 Å². The summed E-state index contributed by atoms with van der Waals surface area (Å²) < 4.78 is 5.30. The maximum atomic E-state index is 12.0. The number of amides is 2. The predicted molar refractivity (Wildman–Crippen MR) is 95.6 cm³/mol. The van der Waals surface area contributed by atoms with E-state index in [1.807, 2.05) is 11.8 Å². The average molecular weight is 360 g/mol. The fourth-order valence-corrected chi connectivity index (χ4v) is 2.99. The van der Waals surface area contributed by atoms with Crippen LogP contribution in [0.3, 0.4) is 0 Å². The van der Waals surface area contributed by atoms with Gasteiger partial charge in [0.15, 0.2) is 6.61 Å². The molecule has 0 bridgehead atoms. The Balaban J connectivity index is 0.00000264. The van der Waals surface area contributed by atoms with Gasteiger partial charge in [-0.05, 0) is 24.3 Å². The Labute approximate surface area is 146 Å². The summed E-state index contributed by atoms with van der Waals surface area (Å²) in [5.41, 5.74) is 0.723. The number of hydrogen-bond acceptors (Lipinski definition) is 5. The summed E-state index contributed by atoms with van der Waals surface area (Å²) in [6.45, 7) is 0.938. The number of carbonyl (C=O) groups excluding carboxylic acids is 2. The number of rotatable bonds is 6. The number of hydrogen-bond donors (Lipinski definition) is 3. The molecule has 1 atom stereocenters. The van der Waals surface area contributed by atoms with E-state index in [0.717, 1.165) is 23.7 Å². The SMILES string of the molecule is CNC(=O)COc1ccc(NC(=O)CC2CSCCN2)cc1.Cl. The van der Waals surface area contributed by atoms with E-state index in [9.17, 15) is 9.59 Å². The van der Waals surface area contributed by atoms with Gasteiger partial charge in [0, 0.05) is 43.2 Å². The van der Waals surface area contributed by atoms with Crippen molar-refractivity contribution < 1.29 is 14.3 Å². The maximum absolute atomic E-state index is 12.0. The van der Waals surface area contributed by atoms with E-state index in [1.54, 1.807) is 31.3 Å². The molecule has 2 rings (SSSR count). The van der Waals surface area contributed by atoms with Crippen LogP contribution >= 0.6 is 24.2 Å². The maximum Gasteiger partial charge on any atom is 0.257 e. The summed E-state index contributed by atoms with van der Waals surface area (Å²) >= 11 is 1.87. The highest BCUT2D eigenvalue weighted by atomic mass is 35.5. The van der Waals surface area contributed by atoms with E-state index in [0.29, 0.717) is 12.2 Å². The second-order valence-electron chi connectivity index (χ2n) is 4.96. The molecule has 23 heavy (non-hydrogen) atoms. The molecule has 2 amide bonds. The third-order valence-corrected chi connectivity index (χ3v) is 4.35. The first-order valence-corrected chi connectivity index (χ1v) is 8.37. The minimum Gasteiger partial charge on any atom is -0.484 e.